The van der Waals surface area contributed by atoms with Gasteiger partial charge in [-0.2, -0.15) is 0 Å². The largest absolute Gasteiger partial charge is 0.294 e. The van der Waals surface area contributed by atoms with Crippen LogP contribution in [0.1, 0.15) is 58.1 Å². The van der Waals surface area contributed by atoms with Gasteiger partial charge in [0.25, 0.3) is 0 Å². The smallest absolute Gasteiger partial charge is 0.0578 e. The topological polar surface area (TPSA) is 6.48 Å². The third-order valence-electron chi connectivity index (χ3n) is 5.83. The highest BCUT2D eigenvalue weighted by Gasteiger charge is 2.38. The summed E-state index contributed by atoms with van der Waals surface area (Å²) < 4.78 is 0. The first-order valence-electron chi connectivity index (χ1n) is 9.35. The van der Waals surface area contributed by atoms with Crippen LogP contribution in [0.4, 0.5) is 0 Å². The summed E-state index contributed by atoms with van der Waals surface area (Å²) in [4.78, 5) is 5.39. The fourth-order valence-electron chi connectivity index (χ4n) is 4.53. The Morgan fingerprint density at radius 2 is 1.52 bits per heavy atom. The second-order valence-electron chi connectivity index (χ2n) is 7.55. The van der Waals surface area contributed by atoms with Crippen molar-refractivity contribution in [1.82, 2.24) is 9.80 Å². The second kappa shape index (κ2) is 7.19. The molecule has 2 heteroatoms. The summed E-state index contributed by atoms with van der Waals surface area (Å²) in [5, 5.41) is 0. The minimum absolute atomic E-state index is 0.133. The molecule has 0 saturated carbocycles. The number of hydrogen-bond donors (Lipinski definition) is 0. The van der Waals surface area contributed by atoms with E-state index in [0.29, 0.717) is 6.04 Å². The highest BCUT2D eigenvalue weighted by atomic mass is 15.2. The van der Waals surface area contributed by atoms with Gasteiger partial charge in [0.05, 0.1) is 6.04 Å². The number of nitrogens with zero attached hydrogens (tertiary/aromatic N) is 2. The van der Waals surface area contributed by atoms with Crippen molar-refractivity contribution in [3.8, 4) is 0 Å². The van der Waals surface area contributed by atoms with Gasteiger partial charge in [0, 0.05) is 5.54 Å². The van der Waals surface area contributed by atoms with Crippen molar-refractivity contribution in [3.05, 3.63) is 47.5 Å². The van der Waals surface area contributed by atoms with Gasteiger partial charge in [0.1, 0.15) is 0 Å². The van der Waals surface area contributed by atoms with Gasteiger partial charge >= 0.3 is 0 Å². The Balaban J connectivity index is 1.96. The lowest BCUT2D eigenvalue weighted by atomic mass is 9.82. The summed E-state index contributed by atoms with van der Waals surface area (Å²) in [6.07, 6.45) is 7.77. The van der Waals surface area contributed by atoms with Gasteiger partial charge < -0.3 is 0 Å². The Hall–Kier alpha value is -1.12. The lowest BCUT2D eigenvalue weighted by molar-refractivity contribution is 0.156. The number of benzene rings is 1. The number of allylic oxidation sites excluding steroid dienone is 1. The summed E-state index contributed by atoms with van der Waals surface area (Å²) in [6, 6.07) is 11.6. The summed E-state index contributed by atoms with van der Waals surface area (Å²) >= 11 is 0. The average molecular weight is 313 g/mol. The van der Waals surface area contributed by atoms with Gasteiger partial charge in [0.2, 0.25) is 0 Å². The van der Waals surface area contributed by atoms with Crippen LogP contribution in [0.25, 0.3) is 0 Å². The number of hydrogen-bond acceptors (Lipinski definition) is 2. The first-order valence-corrected chi connectivity index (χ1v) is 9.35. The maximum atomic E-state index is 2.70. The molecule has 2 nitrogen and oxygen atoms in total. The molecular formula is C21H32N2. The van der Waals surface area contributed by atoms with Crippen molar-refractivity contribution in [2.24, 2.45) is 0 Å². The molecule has 2 fully saturated rings. The van der Waals surface area contributed by atoms with Crippen molar-refractivity contribution in [3.63, 3.8) is 0 Å². The molecule has 23 heavy (non-hydrogen) atoms. The van der Waals surface area contributed by atoms with Crippen LogP contribution in [-0.4, -0.2) is 41.5 Å². The van der Waals surface area contributed by atoms with Crippen molar-refractivity contribution in [2.75, 3.05) is 26.2 Å². The van der Waals surface area contributed by atoms with Gasteiger partial charge in [-0.25, -0.2) is 0 Å². The van der Waals surface area contributed by atoms with Crippen molar-refractivity contribution < 1.29 is 0 Å². The number of likely N-dealkylation sites (tertiary alicyclic amines) is 2. The van der Waals surface area contributed by atoms with E-state index in [4.69, 9.17) is 0 Å². The predicted octanol–water partition coefficient (Wildman–Crippen LogP) is 4.64. The fourth-order valence-corrected chi connectivity index (χ4v) is 4.53. The van der Waals surface area contributed by atoms with Gasteiger partial charge in [-0.05, 0) is 83.8 Å². The van der Waals surface area contributed by atoms with Crippen molar-refractivity contribution >= 4 is 0 Å². The molecule has 0 spiro atoms. The van der Waals surface area contributed by atoms with Crippen molar-refractivity contribution in [2.45, 2.75) is 58.0 Å². The molecule has 2 saturated heterocycles. The standard InChI is InChI=1S/C21H32N2/c1-4-19(21(2,3)23-16-10-11-17-23)20(22-14-8-9-15-22)18-12-6-5-7-13-18/h4-7,12-13,20H,8-11,14-17H2,1-3H3. The lowest BCUT2D eigenvalue weighted by Crippen LogP contribution is -2.47. The molecule has 2 aliphatic rings. The Labute approximate surface area is 142 Å². The summed E-state index contributed by atoms with van der Waals surface area (Å²) in [6.45, 7) is 12.0. The van der Waals surface area contributed by atoms with E-state index >= 15 is 0 Å². The monoisotopic (exact) mass is 312 g/mol. The van der Waals surface area contributed by atoms with Gasteiger partial charge in [-0.1, -0.05) is 36.4 Å². The SMILES string of the molecule is CC=C(C(c1ccccc1)N1CCCC1)C(C)(C)N1CCCC1. The first-order chi connectivity index (χ1) is 11.1. The molecule has 0 N–H and O–H groups in total. The average Bonchev–Trinajstić information content (AvgIpc) is 3.26. The van der Waals surface area contributed by atoms with E-state index in [0.717, 1.165) is 0 Å². The molecule has 1 aromatic carbocycles. The summed E-state index contributed by atoms with van der Waals surface area (Å²) in [5.74, 6) is 0. The molecule has 0 aliphatic carbocycles. The van der Waals surface area contributed by atoms with E-state index in [1.54, 1.807) is 5.57 Å². The molecule has 3 rings (SSSR count). The van der Waals surface area contributed by atoms with E-state index in [9.17, 15) is 0 Å². The van der Waals surface area contributed by atoms with Gasteiger partial charge in [-0.3, -0.25) is 9.80 Å². The third kappa shape index (κ3) is 3.39. The number of rotatable bonds is 5. The van der Waals surface area contributed by atoms with Crippen LogP contribution in [0.15, 0.2) is 42.0 Å². The zero-order valence-electron chi connectivity index (χ0n) is 15.1. The fraction of sp³-hybridized carbons (Fsp3) is 0.619. The van der Waals surface area contributed by atoms with Crippen LogP contribution in [0.5, 0.6) is 0 Å². The summed E-state index contributed by atoms with van der Waals surface area (Å²) in [5.41, 5.74) is 3.16. The molecular weight excluding hydrogens is 280 g/mol. The van der Waals surface area contributed by atoms with E-state index in [1.165, 1.54) is 57.4 Å². The Kier molecular flexibility index (Phi) is 5.23. The predicted molar refractivity (Wildman–Crippen MR) is 98.6 cm³/mol. The minimum Gasteiger partial charge on any atom is -0.294 e. The van der Waals surface area contributed by atoms with E-state index < -0.39 is 0 Å². The van der Waals surface area contributed by atoms with E-state index in [2.05, 4.69) is 67.0 Å². The molecule has 0 aromatic heterocycles. The van der Waals surface area contributed by atoms with E-state index in [1.807, 2.05) is 0 Å². The quantitative estimate of drug-likeness (QED) is 0.731. The summed E-state index contributed by atoms with van der Waals surface area (Å²) in [7, 11) is 0. The van der Waals surface area contributed by atoms with Crippen LogP contribution >= 0.6 is 0 Å². The molecule has 1 unspecified atom stereocenters. The first kappa shape index (κ1) is 16.7. The molecule has 0 radical (unpaired) electrons. The van der Waals surface area contributed by atoms with Crippen LogP contribution in [-0.2, 0) is 0 Å². The molecule has 2 heterocycles. The van der Waals surface area contributed by atoms with E-state index in [-0.39, 0.29) is 5.54 Å². The van der Waals surface area contributed by atoms with Gasteiger partial charge in [-0.15, -0.1) is 0 Å². The van der Waals surface area contributed by atoms with Crippen LogP contribution in [0.3, 0.4) is 0 Å². The Morgan fingerprint density at radius 1 is 0.957 bits per heavy atom. The maximum absolute atomic E-state index is 2.70. The molecule has 0 bridgehead atoms. The van der Waals surface area contributed by atoms with Crippen molar-refractivity contribution in [1.29, 1.82) is 0 Å². The minimum atomic E-state index is 0.133. The normalized spacial score (nSPS) is 22.7. The Bertz CT molecular complexity index is 520. The van der Waals surface area contributed by atoms with Crippen LogP contribution in [0, 0.1) is 0 Å². The Morgan fingerprint density at radius 3 is 2.09 bits per heavy atom. The second-order valence-corrected chi connectivity index (χ2v) is 7.55. The van der Waals surface area contributed by atoms with Crippen LogP contribution in [0.2, 0.25) is 0 Å². The zero-order chi connectivity index (χ0) is 16.3. The molecule has 0 amide bonds. The molecule has 126 valence electrons. The lowest BCUT2D eigenvalue weighted by Gasteiger charge is -2.44. The highest BCUT2D eigenvalue weighted by molar-refractivity contribution is 5.34. The van der Waals surface area contributed by atoms with Crippen LogP contribution < -0.4 is 0 Å². The highest BCUT2D eigenvalue weighted by Crippen LogP contribution is 2.40. The molecule has 1 aromatic rings. The molecule has 2 aliphatic heterocycles. The molecule has 1 atom stereocenters. The van der Waals surface area contributed by atoms with Gasteiger partial charge in [0.15, 0.2) is 0 Å². The zero-order valence-corrected chi connectivity index (χ0v) is 15.1. The maximum Gasteiger partial charge on any atom is 0.0578 e. The third-order valence-corrected chi connectivity index (χ3v) is 5.83.